The molecule has 0 unspecified atom stereocenters. The van der Waals surface area contributed by atoms with E-state index in [9.17, 15) is 18.0 Å². The smallest absolute Gasteiger partial charge is 0.267 e. The number of carbonyl (C=O) groups is 1. The highest BCUT2D eigenvalue weighted by atomic mass is 35.5. The molecule has 3 rings (SSSR count). The van der Waals surface area contributed by atoms with Gasteiger partial charge in [0.1, 0.15) is 33.9 Å². The molecule has 0 aliphatic heterocycles. The van der Waals surface area contributed by atoms with Crippen molar-refractivity contribution in [2.24, 2.45) is 0 Å². The van der Waals surface area contributed by atoms with Gasteiger partial charge in [-0.05, 0) is 29.8 Å². The average molecular weight is 383 g/mol. The molecule has 1 heterocycles. The van der Waals surface area contributed by atoms with Gasteiger partial charge in [-0.2, -0.15) is 0 Å². The molecule has 0 aliphatic carbocycles. The van der Waals surface area contributed by atoms with Gasteiger partial charge in [-0.15, -0.1) is 11.3 Å². The van der Waals surface area contributed by atoms with Gasteiger partial charge in [-0.1, -0.05) is 23.7 Å². The Balaban J connectivity index is 1.88. The molecule has 0 saturated heterocycles. The molecule has 1 N–H and O–H groups in total. The summed E-state index contributed by atoms with van der Waals surface area (Å²) >= 11 is 7.08. The molecule has 0 bridgehead atoms. The number of hydrogen-bond acceptors (Lipinski definition) is 3. The molecule has 8 heteroatoms. The standard InChI is InChI=1S/C17H10ClF3N2OS/c18-11-5-4-9(7-19)6-10(11)17-22-8-14(25-17)16(24)23-15-12(20)2-1-3-13(15)21/h1-6,8H,7H2,(H,23,24). The SMILES string of the molecule is O=C(Nc1c(F)cccc1F)c1cnc(-c2cc(CF)ccc2Cl)s1. The largest absolute Gasteiger partial charge is 0.316 e. The lowest BCUT2D eigenvalue weighted by molar-refractivity contribution is 0.102. The van der Waals surface area contributed by atoms with Crippen LogP contribution in [0, 0.1) is 11.6 Å². The summed E-state index contributed by atoms with van der Waals surface area (Å²) in [7, 11) is 0. The maximum Gasteiger partial charge on any atom is 0.267 e. The number of benzene rings is 2. The lowest BCUT2D eigenvalue weighted by Gasteiger charge is -2.05. The van der Waals surface area contributed by atoms with Gasteiger partial charge >= 0.3 is 0 Å². The first-order valence-electron chi connectivity index (χ1n) is 7.05. The van der Waals surface area contributed by atoms with E-state index in [1.54, 1.807) is 18.2 Å². The lowest BCUT2D eigenvalue weighted by Crippen LogP contribution is -2.12. The summed E-state index contributed by atoms with van der Waals surface area (Å²) in [6, 6.07) is 7.91. The van der Waals surface area contributed by atoms with Gasteiger partial charge in [-0.3, -0.25) is 4.79 Å². The van der Waals surface area contributed by atoms with Crippen LogP contribution in [0.3, 0.4) is 0 Å². The van der Waals surface area contributed by atoms with Crippen molar-refractivity contribution in [3.05, 3.63) is 69.7 Å². The third kappa shape index (κ3) is 3.67. The Labute approximate surface area is 150 Å². The Kier molecular flexibility index (Phi) is 5.06. The van der Waals surface area contributed by atoms with Crippen LogP contribution in [0.25, 0.3) is 10.6 Å². The number of halogens is 4. The number of nitrogens with zero attached hydrogens (tertiary/aromatic N) is 1. The molecule has 3 aromatic rings. The predicted molar refractivity (Wildman–Crippen MR) is 91.7 cm³/mol. The monoisotopic (exact) mass is 382 g/mol. The highest BCUT2D eigenvalue weighted by molar-refractivity contribution is 7.17. The maximum atomic E-state index is 13.6. The van der Waals surface area contributed by atoms with Crippen molar-refractivity contribution in [3.8, 4) is 10.6 Å². The molecule has 1 aromatic heterocycles. The van der Waals surface area contributed by atoms with Crippen LogP contribution in [0.1, 0.15) is 15.2 Å². The zero-order chi connectivity index (χ0) is 18.0. The average Bonchev–Trinajstić information content (AvgIpc) is 3.08. The van der Waals surface area contributed by atoms with E-state index in [4.69, 9.17) is 11.6 Å². The molecule has 0 aliphatic rings. The van der Waals surface area contributed by atoms with Crippen molar-refractivity contribution in [1.82, 2.24) is 4.98 Å². The molecule has 0 radical (unpaired) electrons. The summed E-state index contributed by atoms with van der Waals surface area (Å²) in [4.78, 5) is 16.4. The Bertz CT molecular complexity index is 925. The van der Waals surface area contributed by atoms with Gasteiger partial charge in [-0.25, -0.2) is 18.2 Å². The Hall–Kier alpha value is -2.38. The fourth-order valence-electron chi connectivity index (χ4n) is 2.12. The fraction of sp³-hybridized carbons (Fsp3) is 0.0588. The number of nitrogens with one attached hydrogen (secondary N) is 1. The zero-order valence-electron chi connectivity index (χ0n) is 12.5. The van der Waals surface area contributed by atoms with Gasteiger partial charge in [0.15, 0.2) is 0 Å². The van der Waals surface area contributed by atoms with E-state index in [0.717, 1.165) is 23.5 Å². The molecular weight excluding hydrogens is 373 g/mol. The summed E-state index contributed by atoms with van der Waals surface area (Å²) in [6.45, 7) is -0.657. The third-order valence-corrected chi connectivity index (χ3v) is 4.71. The highest BCUT2D eigenvalue weighted by Crippen LogP contribution is 2.32. The van der Waals surface area contributed by atoms with Crippen molar-refractivity contribution in [2.45, 2.75) is 6.67 Å². The van der Waals surface area contributed by atoms with Gasteiger partial charge in [0, 0.05) is 5.56 Å². The second-order valence-electron chi connectivity index (χ2n) is 5.03. The second-order valence-corrected chi connectivity index (χ2v) is 6.47. The van der Waals surface area contributed by atoms with Crippen molar-refractivity contribution >= 4 is 34.5 Å². The minimum Gasteiger partial charge on any atom is -0.316 e. The van der Waals surface area contributed by atoms with E-state index in [0.29, 0.717) is 21.2 Å². The highest BCUT2D eigenvalue weighted by Gasteiger charge is 2.17. The number of anilines is 1. The Morgan fingerprint density at radius 2 is 1.92 bits per heavy atom. The van der Waals surface area contributed by atoms with Crippen LogP contribution in [0.4, 0.5) is 18.9 Å². The molecule has 0 atom stereocenters. The van der Waals surface area contributed by atoms with Crippen LogP contribution in [0.2, 0.25) is 5.02 Å². The zero-order valence-corrected chi connectivity index (χ0v) is 14.1. The van der Waals surface area contributed by atoms with Crippen molar-refractivity contribution in [1.29, 1.82) is 0 Å². The van der Waals surface area contributed by atoms with E-state index in [-0.39, 0.29) is 4.88 Å². The maximum absolute atomic E-state index is 13.6. The fourth-order valence-corrected chi connectivity index (χ4v) is 3.22. The molecule has 128 valence electrons. The quantitative estimate of drug-likeness (QED) is 0.650. The molecular formula is C17H10ClF3N2OS. The van der Waals surface area contributed by atoms with Crippen LogP contribution < -0.4 is 5.32 Å². The van der Waals surface area contributed by atoms with E-state index < -0.39 is 29.9 Å². The number of rotatable bonds is 4. The summed E-state index contributed by atoms with van der Waals surface area (Å²) in [5.41, 5.74) is 0.381. The number of aromatic nitrogens is 1. The first-order valence-corrected chi connectivity index (χ1v) is 8.25. The van der Waals surface area contributed by atoms with Gasteiger partial charge in [0.05, 0.1) is 11.2 Å². The van der Waals surface area contributed by atoms with Gasteiger partial charge in [0.2, 0.25) is 0 Å². The van der Waals surface area contributed by atoms with Crippen molar-refractivity contribution in [3.63, 3.8) is 0 Å². The van der Waals surface area contributed by atoms with Gasteiger partial charge < -0.3 is 5.32 Å². The molecule has 0 fully saturated rings. The summed E-state index contributed by atoms with van der Waals surface area (Å²) in [5.74, 6) is -2.46. The van der Waals surface area contributed by atoms with E-state index in [1.807, 2.05) is 0 Å². The first-order chi connectivity index (χ1) is 12.0. The number of para-hydroxylation sites is 1. The lowest BCUT2D eigenvalue weighted by atomic mass is 10.1. The third-order valence-electron chi connectivity index (χ3n) is 3.35. The molecule has 3 nitrogen and oxygen atoms in total. The second kappa shape index (κ2) is 7.25. The van der Waals surface area contributed by atoms with E-state index in [1.165, 1.54) is 12.3 Å². The number of carbonyl (C=O) groups excluding carboxylic acids is 1. The van der Waals surface area contributed by atoms with E-state index in [2.05, 4.69) is 10.3 Å². The summed E-state index contributed by atoms with van der Waals surface area (Å²) < 4.78 is 40.0. The van der Waals surface area contributed by atoms with Crippen molar-refractivity contribution in [2.75, 3.05) is 5.32 Å². The molecule has 1 amide bonds. The first kappa shape index (κ1) is 17.4. The minimum absolute atomic E-state index is 0.138. The number of amides is 1. The summed E-state index contributed by atoms with van der Waals surface area (Å²) in [5, 5.41) is 2.95. The minimum atomic E-state index is -0.878. The van der Waals surface area contributed by atoms with Crippen LogP contribution in [-0.2, 0) is 6.67 Å². The van der Waals surface area contributed by atoms with Crippen LogP contribution in [0.15, 0.2) is 42.6 Å². The van der Waals surface area contributed by atoms with Crippen LogP contribution in [0.5, 0.6) is 0 Å². The van der Waals surface area contributed by atoms with Crippen LogP contribution >= 0.6 is 22.9 Å². The summed E-state index contributed by atoms with van der Waals surface area (Å²) in [6.07, 6.45) is 1.27. The van der Waals surface area contributed by atoms with Gasteiger partial charge in [0.25, 0.3) is 5.91 Å². The normalized spacial score (nSPS) is 10.7. The molecule has 2 aromatic carbocycles. The Morgan fingerprint density at radius 1 is 1.20 bits per heavy atom. The predicted octanol–water partition coefficient (Wildman–Crippen LogP) is 5.46. The molecule has 25 heavy (non-hydrogen) atoms. The number of thiazole rings is 1. The van der Waals surface area contributed by atoms with E-state index >= 15 is 0 Å². The number of hydrogen-bond donors (Lipinski definition) is 1. The number of alkyl halides is 1. The van der Waals surface area contributed by atoms with Crippen molar-refractivity contribution < 1.29 is 18.0 Å². The Morgan fingerprint density at radius 3 is 2.60 bits per heavy atom. The topological polar surface area (TPSA) is 42.0 Å². The van der Waals surface area contributed by atoms with Crippen LogP contribution in [-0.4, -0.2) is 10.9 Å². The molecule has 0 saturated carbocycles. The molecule has 0 spiro atoms.